The van der Waals surface area contributed by atoms with Crippen molar-refractivity contribution in [2.24, 2.45) is 0 Å². The van der Waals surface area contributed by atoms with E-state index in [2.05, 4.69) is 34.9 Å². The summed E-state index contributed by atoms with van der Waals surface area (Å²) in [5.74, 6) is 0.488. The molecule has 0 fully saturated rings. The summed E-state index contributed by atoms with van der Waals surface area (Å²) in [7, 11) is 0. The number of benzene rings is 4. The first-order chi connectivity index (χ1) is 14.1. The number of rotatable bonds is 6. The molecule has 0 atom stereocenters. The number of phenolic OH excluding ortho intramolecular Hbond substituents is 2. The Morgan fingerprint density at radius 1 is 0.483 bits per heavy atom. The van der Waals surface area contributed by atoms with Gasteiger partial charge in [-0.2, -0.15) is 0 Å². The molecule has 0 bridgehead atoms. The van der Waals surface area contributed by atoms with Gasteiger partial charge in [0, 0.05) is 34.9 Å². The van der Waals surface area contributed by atoms with E-state index in [0.29, 0.717) is 0 Å². The van der Waals surface area contributed by atoms with E-state index in [0.717, 1.165) is 29.2 Å². The SMILES string of the molecule is Oc1cccc(Nc2ccc(Cc3ccc(Nc4cccc(O)c4)cc3)cc2)c1. The highest BCUT2D eigenvalue weighted by atomic mass is 16.3. The normalized spacial score (nSPS) is 10.5. The Morgan fingerprint density at radius 3 is 1.28 bits per heavy atom. The van der Waals surface area contributed by atoms with E-state index in [1.165, 1.54) is 11.1 Å². The quantitative estimate of drug-likeness (QED) is 0.322. The Morgan fingerprint density at radius 2 is 0.897 bits per heavy atom. The minimum absolute atomic E-state index is 0.244. The summed E-state index contributed by atoms with van der Waals surface area (Å²) >= 11 is 0. The van der Waals surface area contributed by atoms with Gasteiger partial charge < -0.3 is 20.8 Å². The van der Waals surface area contributed by atoms with Crippen molar-refractivity contribution in [3.8, 4) is 11.5 Å². The van der Waals surface area contributed by atoms with Gasteiger partial charge >= 0.3 is 0 Å². The second kappa shape index (κ2) is 8.40. The van der Waals surface area contributed by atoms with Crippen molar-refractivity contribution in [1.82, 2.24) is 0 Å². The van der Waals surface area contributed by atoms with Gasteiger partial charge in [-0.25, -0.2) is 0 Å². The Bertz CT molecular complexity index is 1000. The summed E-state index contributed by atoms with van der Waals surface area (Å²) in [6, 6.07) is 30.7. The van der Waals surface area contributed by atoms with Crippen LogP contribution in [0.15, 0.2) is 97.1 Å². The maximum absolute atomic E-state index is 9.56. The molecule has 0 saturated carbocycles. The third-order valence-corrected chi connectivity index (χ3v) is 4.59. The largest absolute Gasteiger partial charge is 0.508 e. The molecule has 29 heavy (non-hydrogen) atoms. The van der Waals surface area contributed by atoms with Gasteiger partial charge in [-0.05, 0) is 66.1 Å². The molecule has 4 rings (SSSR count). The molecule has 0 aliphatic rings. The van der Waals surface area contributed by atoms with E-state index in [1.807, 2.05) is 48.5 Å². The van der Waals surface area contributed by atoms with E-state index in [4.69, 9.17) is 0 Å². The van der Waals surface area contributed by atoms with Crippen LogP contribution in [0, 0.1) is 0 Å². The van der Waals surface area contributed by atoms with Gasteiger partial charge in [-0.3, -0.25) is 0 Å². The van der Waals surface area contributed by atoms with Crippen molar-refractivity contribution >= 4 is 22.7 Å². The van der Waals surface area contributed by atoms with Crippen LogP contribution >= 0.6 is 0 Å². The number of hydrogen-bond donors (Lipinski definition) is 4. The van der Waals surface area contributed by atoms with E-state index in [-0.39, 0.29) is 11.5 Å². The minimum atomic E-state index is 0.244. The Kier molecular flexibility index (Phi) is 5.34. The van der Waals surface area contributed by atoms with Crippen molar-refractivity contribution in [1.29, 1.82) is 0 Å². The van der Waals surface area contributed by atoms with Crippen molar-refractivity contribution in [3.63, 3.8) is 0 Å². The monoisotopic (exact) mass is 382 g/mol. The second-order valence-corrected chi connectivity index (χ2v) is 6.92. The van der Waals surface area contributed by atoms with Gasteiger partial charge in [0.1, 0.15) is 11.5 Å². The molecule has 4 nitrogen and oxygen atoms in total. The first-order valence-corrected chi connectivity index (χ1v) is 9.44. The van der Waals surface area contributed by atoms with Crippen LogP contribution in [0.4, 0.5) is 22.7 Å². The van der Waals surface area contributed by atoms with Crippen molar-refractivity contribution in [3.05, 3.63) is 108 Å². The molecule has 0 aliphatic heterocycles. The van der Waals surface area contributed by atoms with Crippen molar-refractivity contribution in [2.75, 3.05) is 10.6 Å². The lowest BCUT2D eigenvalue weighted by atomic mass is 10.0. The standard InChI is InChI=1S/C25H22N2O2/c28-24-5-1-3-22(16-24)26-20-11-7-18(8-12-20)15-19-9-13-21(14-10-19)27-23-4-2-6-25(29)17-23/h1-14,16-17,26-29H,15H2. The smallest absolute Gasteiger partial charge is 0.117 e. The van der Waals surface area contributed by atoms with Gasteiger partial charge in [0.2, 0.25) is 0 Å². The van der Waals surface area contributed by atoms with Gasteiger partial charge in [-0.1, -0.05) is 36.4 Å². The summed E-state index contributed by atoms with van der Waals surface area (Å²) in [5.41, 5.74) is 6.11. The first-order valence-electron chi connectivity index (χ1n) is 9.44. The van der Waals surface area contributed by atoms with Gasteiger partial charge in [0.15, 0.2) is 0 Å². The fourth-order valence-electron chi connectivity index (χ4n) is 3.15. The molecule has 4 heteroatoms. The summed E-state index contributed by atoms with van der Waals surface area (Å²) in [4.78, 5) is 0. The zero-order valence-electron chi connectivity index (χ0n) is 15.8. The predicted molar refractivity (Wildman–Crippen MR) is 118 cm³/mol. The van der Waals surface area contributed by atoms with Crippen LogP contribution < -0.4 is 10.6 Å². The van der Waals surface area contributed by atoms with E-state index in [1.54, 1.807) is 24.3 Å². The third-order valence-electron chi connectivity index (χ3n) is 4.59. The van der Waals surface area contributed by atoms with Crippen LogP contribution in [0.3, 0.4) is 0 Å². The van der Waals surface area contributed by atoms with E-state index < -0.39 is 0 Å². The fourth-order valence-corrected chi connectivity index (χ4v) is 3.15. The van der Waals surface area contributed by atoms with Crippen molar-refractivity contribution in [2.45, 2.75) is 6.42 Å². The summed E-state index contributed by atoms with van der Waals surface area (Å²) < 4.78 is 0. The van der Waals surface area contributed by atoms with Crippen molar-refractivity contribution < 1.29 is 10.2 Å². The summed E-state index contributed by atoms with van der Waals surface area (Å²) in [5, 5.41) is 25.7. The zero-order chi connectivity index (χ0) is 20.1. The van der Waals surface area contributed by atoms with Gasteiger partial charge in [0.25, 0.3) is 0 Å². The Hall–Kier alpha value is -3.92. The van der Waals surface area contributed by atoms with Gasteiger partial charge in [0.05, 0.1) is 0 Å². The highest BCUT2D eigenvalue weighted by molar-refractivity contribution is 5.62. The molecule has 0 saturated heterocycles. The molecule has 4 aromatic carbocycles. The molecule has 144 valence electrons. The highest BCUT2D eigenvalue weighted by Gasteiger charge is 2.01. The predicted octanol–water partition coefficient (Wildman–Crippen LogP) is 6.18. The Labute approximate surface area is 170 Å². The fraction of sp³-hybridized carbons (Fsp3) is 0.0400. The molecule has 4 N–H and O–H groups in total. The van der Waals surface area contributed by atoms with E-state index in [9.17, 15) is 10.2 Å². The number of nitrogens with one attached hydrogen (secondary N) is 2. The molecule has 0 aliphatic carbocycles. The lowest BCUT2D eigenvalue weighted by molar-refractivity contribution is 0.475. The third kappa shape index (κ3) is 5.08. The minimum Gasteiger partial charge on any atom is -0.508 e. The molecule has 4 aromatic rings. The maximum Gasteiger partial charge on any atom is 0.117 e. The Balaban J connectivity index is 1.37. The summed E-state index contributed by atoms with van der Waals surface area (Å²) in [6.07, 6.45) is 0.846. The molecule has 0 aromatic heterocycles. The van der Waals surface area contributed by atoms with E-state index >= 15 is 0 Å². The number of aromatic hydroxyl groups is 2. The molecule has 0 heterocycles. The average Bonchev–Trinajstić information content (AvgIpc) is 2.71. The highest BCUT2D eigenvalue weighted by Crippen LogP contribution is 2.23. The second-order valence-electron chi connectivity index (χ2n) is 6.92. The first kappa shape index (κ1) is 18.4. The zero-order valence-corrected chi connectivity index (χ0v) is 15.8. The van der Waals surface area contributed by atoms with Gasteiger partial charge in [-0.15, -0.1) is 0 Å². The molecule has 0 spiro atoms. The molecular formula is C25H22N2O2. The van der Waals surface area contributed by atoms with Crippen LogP contribution in [-0.4, -0.2) is 10.2 Å². The van der Waals surface area contributed by atoms with Crippen LogP contribution in [0.2, 0.25) is 0 Å². The number of anilines is 4. The van der Waals surface area contributed by atoms with Crippen LogP contribution in [-0.2, 0) is 6.42 Å². The van der Waals surface area contributed by atoms with Crippen LogP contribution in [0.1, 0.15) is 11.1 Å². The lowest BCUT2D eigenvalue weighted by Crippen LogP contribution is -1.93. The molecule has 0 amide bonds. The lowest BCUT2D eigenvalue weighted by Gasteiger charge is -2.09. The molecular weight excluding hydrogens is 360 g/mol. The molecule has 0 radical (unpaired) electrons. The number of hydrogen-bond acceptors (Lipinski definition) is 4. The average molecular weight is 382 g/mol. The molecule has 0 unspecified atom stereocenters. The maximum atomic E-state index is 9.56. The topological polar surface area (TPSA) is 64.5 Å². The number of phenols is 2. The van der Waals surface area contributed by atoms with Crippen LogP contribution in [0.5, 0.6) is 11.5 Å². The summed E-state index contributed by atoms with van der Waals surface area (Å²) in [6.45, 7) is 0. The van der Waals surface area contributed by atoms with Crippen LogP contribution in [0.25, 0.3) is 0 Å².